The molecule has 1 amide bonds. The fourth-order valence-electron chi connectivity index (χ4n) is 2.06. The number of nitrogens with one attached hydrogen (secondary N) is 1. The molecule has 0 spiro atoms. The predicted octanol–water partition coefficient (Wildman–Crippen LogP) is 4.37. The summed E-state index contributed by atoms with van der Waals surface area (Å²) >= 11 is 5.96. The highest BCUT2D eigenvalue weighted by atomic mass is 35.5. The Kier molecular flexibility index (Phi) is 5.50. The number of aryl methyl sites for hydroxylation is 2. The van der Waals surface area contributed by atoms with E-state index < -0.39 is 6.10 Å². The number of carbonyl (C=O) groups excluding carboxylic acids is 1. The molecule has 2 rings (SSSR count). The first-order valence-corrected chi connectivity index (χ1v) is 7.67. The summed E-state index contributed by atoms with van der Waals surface area (Å²) in [5, 5.41) is 3.29. The van der Waals surface area contributed by atoms with Crippen LogP contribution in [0.4, 0.5) is 5.69 Å². The Morgan fingerprint density at radius 3 is 2.52 bits per heavy atom. The third kappa shape index (κ3) is 4.39. The number of rotatable bonds is 5. The van der Waals surface area contributed by atoms with Gasteiger partial charge in [0, 0.05) is 5.02 Å². The van der Waals surface area contributed by atoms with Crippen LogP contribution in [0.3, 0.4) is 0 Å². The number of methoxy groups -OCH3 is 1. The fraction of sp³-hybridized carbons (Fsp3) is 0.278. The molecule has 2 aromatic carbocycles. The molecule has 0 saturated heterocycles. The van der Waals surface area contributed by atoms with Crippen molar-refractivity contribution in [2.75, 3.05) is 12.4 Å². The highest BCUT2D eigenvalue weighted by molar-refractivity contribution is 6.31. The van der Waals surface area contributed by atoms with E-state index in [1.54, 1.807) is 25.1 Å². The van der Waals surface area contributed by atoms with Crippen LogP contribution in [0.25, 0.3) is 0 Å². The number of anilines is 1. The van der Waals surface area contributed by atoms with Gasteiger partial charge in [0.05, 0.1) is 12.8 Å². The molecule has 23 heavy (non-hydrogen) atoms. The zero-order valence-corrected chi connectivity index (χ0v) is 14.4. The van der Waals surface area contributed by atoms with Gasteiger partial charge in [-0.1, -0.05) is 17.7 Å². The van der Waals surface area contributed by atoms with Crippen molar-refractivity contribution in [3.05, 3.63) is 52.5 Å². The summed E-state index contributed by atoms with van der Waals surface area (Å²) in [5.74, 6) is 0.929. The zero-order chi connectivity index (χ0) is 17.0. The first-order chi connectivity index (χ1) is 10.9. The summed E-state index contributed by atoms with van der Waals surface area (Å²) in [5.41, 5.74) is 2.81. The van der Waals surface area contributed by atoms with E-state index in [4.69, 9.17) is 21.1 Å². The Morgan fingerprint density at radius 2 is 1.87 bits per heavy atom. The van der Waals surface area contributed by atoms with Crippen LogP contribution in [0.5, 0.6) is 11.5 Å². The van der Waals surface area contributed by atoms with Gasteiger partial charge in [-0.25, -0.2) is 0 Å². The van der Waals surface area contributed by atoms with Crippen LogP contribution in [0.15, 0.2) is 36.4 Å². The van der Waals surface area contributed by atoms with Crippen LogP contribution in [0.1, 0.15) is 18.1 Å². The lowest BCUT2D eigenvalue weighted by atomic mass is 10.1. The lowest BCUT2D eigenvalue weighted by molar-refractivity contribution is -0.122. The molecular formula is C18H20ClNO3. The topological polar surface area (TPSA) is 47.6 Å². The summed E-state index contributed by atoms with van der Waals surface area (Å²) in [7, 11) is 1.54. The molecule has 0 saturated carbocycles. The molecule has 1 unspecified atom stereocenters. The van der Waals surface area contributed by atoms with Gasteiger partial charge in [-0.15, -0.1) is 0 Å². The molecule has 5 heteroatoms. The van der Waals surface area contributed by atoms with Gasteiger partial charge in [0.1, 0.15) is 11.5 Å². The van der Waals surface area contributed by atoms with Gasteiger partial charge in [-0.2, -0.15) is 0 Å². The van der Waals surface area contributed by atoms with E-state index in [0.29, 0.717) is 22.2 Å². The van der Waals surface area contributed by atoms with Gasteiger partial charge in [0.15, 0.2) is 6.10 Å². The van der Waals surface area contributed by atoms with E-state index in [2.05, 4.69) is 5.32 Å². The largest absolute Gasteiger partial charge is 0.495 e. The van der Waals surface area contributed by atoms with Crippen LogP contribution < -0.4 is 14.8 Å². The van der Waals surface area contributed by atoms with Gasteiger partial charge in [-0.05, 0) is 62.2 Å². The average Bonchev–Trinajstić information content (AvgIpc) is 2.51. The highest BCUT2D eigenvalue weighted by Gasteiger charge is 2.17. The molecule has 122 valence electrons. The molecule has 0 heterocycles. The average molecular weight is 334 g/mol. The summed E-state index contributed by atoms with van der Waals surface area (Å²) in [6.45, 7) is 5.73. The Labute approximate surface area is 141 Å². The van der Waals surface area contributed by atoms with Crippen molar-refractivity contribution in [1.82, 2.24) is 0 Å². The third-order valence-corrected chi connectivity index (χ3v) is 3.81. The van der Waals surface area contributed by atoms with Crippen LogP contribution in [0, 0.1) is 13.8 Å². The standard InChI is InChI=1S/C18H20ClNO3/c1-11-5-7-15(9-12(11)2)23-13(3)18(21)20-16-10-14(19)6-8-17(16)22-4/h5-10,13H,1-4H3,(H,20,21). The number of carbonyl (C=O) groups is 1. The SMILES string of the molecule is COc1ccc(Cl)cc1NC(=O)C(C)Oc1ccc(C)c(C)c1. The Hall–Kier alpha value is -2.20. The van der Waals surface area contributed by atoms with Gasteiger partial charge in [0.25, 0.3) is 5.91 Å². The fourth-order valence-corrected chi connectivity index (χ4v) is 2.23. The minimum Gasteiger partial charge on any atom is -0.495 e. The molecule has 4 nitrogen and oxygen atoms in total. The molecule has 2 aromatic rings. The number of hydrogen-bond donors (Lipinski definition) is 1. The molecule has 0 aliphatic rings. The first kappa shape index (κ1) is 17.2. The normalized spacial score (nSPS) is 11.7. The highest BCUT2D eigenvalue weighted by Crippen LogP contribution is 2.28. The van der Waals surface area contributed by atoms with E-state index in [9.17, 15) is 4.79 Å². The minimum absolute atomic E-state index is 0.274. The first-order valence-electron chi connectivity index (χ1n) is 7.29. The van der Waals surface area contributed by atoms with E-state index >= 15 is 0 Å². The summed E-state index contributed by atoms with van der Waals surface area (Å²) in [4.78, 5) is 12.3. The molecule has 0 fully saturated rings. The summed E-state index contributed by atoms with van der Waals surface area (Å²) in [6.07, 6.45) is -0.652. The van der Waals surface area contributed by atoms with Crippen molar-refractivity contribution in [1.29, 1.82) is 0 Å². The second-order valence-electron chi connectivity index (χ2n) is 5.34. The minimum atomic E-state index is -0.652. The molecule has 0 aliphatic carbocycles. The quantitative estimate of drug-likeness (QED) is 0.883. The van der Waals surface area contributed by atoms with Crippen molar-refractivity contribution < 1.29 is 14.3 Å². The van der Waals surface area contributed by atoms with E-state index in [1.807, 2.05) is 32.0 Å². The van der Waals surface area contributed by atoms with Gasteiger partial charge in [-0.3, -0.25) is 4.79 Å². The molecule has 1 N–H and O–H groups in total. The smallest absolute Gasteiger partial charge is 0.265 e. The maximum absolute atomic E-state index is 12.3. The lowest BCUT2D eigenvalue weighted by Gasteiger charge is -2.17. The van der Waals surface area contributed by atoms with E-state index in [0.717, 1.165) is 5.56 Å². The van der Waals surface area contributed by atoms with Crippen LogP contribution in [-0.4, -0.2) is 19.1 Å². The van der Waals surface area contributed by atoms with Crippen molar-refractivity contribution in [2.45, 2.75) is 26.9 Å². The van der Waals surface area contributed by atoms with Crippen LogP contribution in [-0.2, 0) is 4.79 Å². The molecule has 1 atom stereocenters. The molecule has 0 radical (unpaired) electrons. The molecular weight excluding hydrogens is 314 g/mol. The van der Waals surface area contributed by atoms with E-state index in [1.165, 1.54) is 12.7 Å². The third-order valence-electron chi connectivity index (χ3n) is 3.58. The monoisotopic (exact) mass is 333 g/mol. The lowest BCUT2D eigenvalue weighted by Crippen LogP contribution is -2.30. The van der Waals surface area contributed by atoms with Crippen molar-refractivity contribution in [3.8, 4) is 11.5 Å². The Balaban J connectivity index is 2.08. The van der Waals surface area contributed by atoms with E-state index in [-0.39, 0.29) is 5.91 Å². The second kappa shape index (κ2) is 7.38. The Morgan fingerprint density at radius 1 is 1.13 bits per heavy atom. The number of halogens is 1. The van der Waals surface area contributed by atoms with Crippen LogP contribution in [0.2, 0.25) is 5.02 Å². The van der Waals surface area contributed by atoms with Crippen LogP contribution >= 0.6 is 11.6 Å². The summed E-state index contributed by atoms with van der Waals surface area (Å²) in [6, 6.07) is 10.8. The second-order valence-corrected chi connectivity index (χ2v) is 5.78. The predicted molar refractivity (Wildman–Crippen MR) is 92.6 cm³/mol. The molecule has 0 aromatic heterocycles. The van der Waals surface area contributed by atoms with Crippen molar-refractivity contribution >= 4 is 23.2 Å². The number of ether oxygens (including phenoxy) is 2. The number of benzene rings is 2. The maximum Gasteiger partial charge on any atom is 0.265 e. The van der Waals surface area contributed by atoms with Crippen molar-refractivity contribution in [3.63, 3.8) is 0 Å². The van der Waals surface area contributed by atoms with Crippen molar-refractivity contribution in [2.24, 2.45) is 0 Å². The molecule has 0 aliphatic heterocycles. The number of hydrogen-bond acceptors (Lipinski definition) is 3. The molecule has 0 bridgehead atoms. The maximum atomic E-state index is 12.3. The summed E-state index contributed by atoms with van der Waals surface area (Å²) < 4.78 is 10.9. The zero-order valence-electron chi connectivity index (χ0n) is 13.6. The number of amides is 1. The van der Waals surface area contributed by atoms with Gasteiger partial charge in [0.2, 0.25) is 0 Å². The Bertz CT molecular complexity index is 715. The van der Waals surface area contributed by atoms with Gasteiger partial charge < -0.3 is 14.8 Å². The van der Waals surface area contributed by atoms with Gasteiger partial charge >= 0.3 is 0 Å².